The molecule has 43 heavy (non-hydrogen) atoms. The number of halogens is 1. The Kier molecular flexibility index (Phi) is 7.17. The molecule has 4 aliphatic rings. The first-order valence-electron chi connectivity index (χ1n) is 15.4. The van der Waals surface area contributed by atoms with Crippen LogP contribution in [0.5, 0.6) is 0 Å². The average molecular weight is 588 g/mol. The maximum atomic E-state index is 15.1. The highest BCUT2D eigenvalue weighted by atomic mass is 19.1. The van der Waals surface area contributed by atoms with Crippen molar-refractivity contribution in [1.82, 2.24) is 29.1 Å². The van der Waals surface area contributed by atoms with Crippen LogP contribution in [0, 0.1) is 0 Å². The van der Waals surface area contributed by atoms with E-state index < -0.39 is 17.2 Å². The van der Waals surface area contributed by atoms with Gasteiger partial charge in [0, 0.05) is 50.9 Å². The number of likely N-dealkylation sites (tertiary alicyclic amines) is 1. The van der Waals surface area contributed by atoms with Crippen molar-refractivity contribution >= 4 is 22.6 Å². The highest BCUT2D eigenvalue weighted by molar-refractivity contribution is 5.88. The number of hydrogen-bond donors (Lipinski definition) is 1. The number of carbonyl (C=O) groups is 1. The van der Waals surface area contributed by atoms with E-state index in [2.05, 4.69) is 32.0 Å². The molecule has 10 nitrogen and oxygen atoms in total. The van der Waals surface area contributed by atoms with Crippen LogP contribution in [0.3, 0.4) is 0 Å². The minimum atomic E-state index is -2.04. The largest absolute Gasteiger partial charge is 0.388 e. The van der Waals surface area contributed by atoms with Gasteiger partial charge >= 0.3 is 0 Å². The summed E-state index contributed by atoms with van der Waals surface area (Å²) in [5.74, 6) is -0.581. The molecule has 5 heterocycles. The molecule has 1 aromatic carbocycles. The fraction of sp³-hybridized carbons (Fsp3) is 0.500. The van der Waals surface area contributed by atoms with Crippen LogP contribution in [0.2, 0.25) is 0 Å². The Labute approximate surface area is 249 Å². The minimum Gasteiger partial charge on any atom is -0.388 e. The van der Waals surface area contributed by atoms with Crippen LogP contribution in [0.4, 0.5) is 10.1 Å². The fourth-order valence-corrected chi connectivity index (χ4v) is 7.06. The number of aromatic nitrogens is 4. The summed E-state index contributed by atoms with van der Waals surface area (Å²) in [6.45, 7) is 4.86. The van der Waals surface area contributed by atoms with E-state index in [1.54, 1.807) is 22.9 Å². The Morgan fingerprint density at radius 3 is 2.58 bits per heavy atom. The molecule has 2 aromatic heterocycles. The zero-order chi connectivity index (χ0) is 29.6. The molecular formula is C32H38FN7O3. The molecule has 0 radical (unpaired) electrons. The summed E-state index contributed by atoms with van der Waals surface area (Å²) in [5, 5.41) is 16.1. The molecule has 7 rings (SSSR count). The lowest BCUT2D eigenvalue weighted by Gasteiger charge is -2.45. The van der Waals surface area contributed by atoms with E-state index in [9.17, 15) is 14.7 Å². The molecule has 3 aliphatic heterocycles. The van der Waals surface area contributed by atoms with Gasteiger partial charge in [-0.15, -0.1) is 0 Å². The number of fused-ring (bicyclic) bond motifs is 2. The summed E-state index contributed by atoms with van der Waals surface area (Å²) < 4.78 is 18.2. The lowest BCUT2D eigenvalue weighted by Crippen LogP contribution is -2.54. The van der Waals surface area contributed by atoms with E-state index in [1.165, 1.54) is 59.6 Å². The van der Waals surface area contributed by atoms with E-state index in [0.717, 1.165) is 25.3 Å². The van der Waals surface area contributed by atoms with E-state index >= 15 is 4.39 Å². The van der Waals surface area contributed by atoms with Crippen molar-refractivity contribution in [2.75, 3.05) is 44.2 Å². The summed E-state index contributed by atoms with van der Waals surface area (Å²) in [6.07, 6.45) is 13.6. The quantitative estimate of drug-likeness (QED) is 0.490. The molecule has 226 valence electrons. The second-order valence-electron chi connectivity index (χ2n) is 12.5. The number of rotatable bonds is 5. The van der Waals surface area contributed by atoms with Gasteiger partial charge < -0.3 is 14.9 Å². The van der Waals surface area contributed by atoms with Crippen LogP contribution in [0.25, 0.3) is 16.7 Å². The van der Waals surface area contributed by atoms with Crippen molar-refractivity contribution in [3.63, 3.8) is 0 Å². The van der Waals surface area contributed by atoms with Crippen molar-refractivity contribution in [2.24, 2.45) is 0 Å². The Bertz CT molecular complexity index is 1620. The minimum absolute atomic E-state index is 0.0136. The lowest BCUT2D eigenvalue weighted by atomic mass is 9.89. The van der Waals surface area contributed by atoms with Crippen molar-refractivity contribution in [3.05, 3.63) is 71.4 Å². The molecule has 11 heteroatoms. The Hall–Kier alpha value is -3.83. The number of allylic oxidation sites excluding steroid dienone is 3. The normalized spacial score (nSPS) is 25.7. The summed E-state index contributed by atoms with van der Waals surface area (Å²) >= 11 is 0. The standard InChI is InChI=1S/C32H38FN7O3/c33-32(11-3-1-4-12-32)30(42)37-16-13-31(43,14-17-37)22-39-23-34-28-27(29(39)41)20-35-40(28)25-9-7-24(8-10-25)38-19-18-36-15-5-2-6-26(36)21-38/h1,3-4,7-11,20,23,26,43H,2,5-6,12-19,21-22H2. The Morgan fingerprint density at radius 2 is 1.81 bits per heavy atom. The van der Waals surface area contributed by atoms with Crippen LogP contribution in [-0.2, 0) is 11.3 Å². The van der Waals surface area contributed by atoms with Gasteiger partial charge in [0.1, 0.15) is 11.7 Å². The highest BCUT2D eigenvalue weighted by Gasteiger charge is 2.42. The summed E-state index contributed by atoms with van der Waals surface area (Å²) in [4.78, 5) is 37.3. The van der Waals surface area contributed by atoms with Gasteiger partial charge in [0.25, 0.3) is 11.5 Å². The first-order valence-corrected chi connectivity index (χ1v) is 15.4. The van der Waals surface area contributed by atoms with Crippen molar-refractivity contribution in [2.45, 2.75) is 62.4 Å². The number of benzene rings is 1. The molecule has 1 amide bonds. The van der Waals surface area contributed by atoms with Crippen LogP contribution in [0.1, 0.15) is 38.5 Å². The Morgan fingerprint density at radius 1 is 1.02 bits per heavy atom. The zero-order valence-electron chi connectivity index (χ0n) is 24.3. The van der Waals surface area contributed by atoms with E-state index in [-0.39, 0.29) is 44.5 Å². The van der Waals surface area contributed by atoms with Crippen molar-refractivity contribution in [1.29, 1.82) is 0 Å². The third-order valence-electron chi connectivity index (χ3n) is 9.68. The van der Waals surface area contributed by atoms with Gasteiger partial charge in [-0.1, -0.05) is 24.6 Å². The molecule has 3 fully saturated rings. The van der Waals surface area contributed by atoms with E-state index in [0.29, 0.717) is 17.1 Å². The van der Waals surface area contributed by atoms with Gasteiger partial charge in [0.15, 0.2) is 5.65 Å². The smallest absolute Gasteiger partial charge is 0.264 e. The summed E-state index contributed by atoms with van der Waals surface area (Å²) in [5.41, 5.74) is -1.07. The monoisotopic (exact) mass is 587 g/mol. The molecule has 0 spiro atoms. The number of alkyl halides is 1. The van der Waals surface area contributed by atoms with Crippen LogP contribution in [0.15, 0.2) is 65.9 Å². The second kappa shape index (κ2) is 11.0. The van der Waals surface area contributed by atoms with Gasteiger partial charge in [-0.05, 0) is 62.6 Å². The predicted molar refractivity (Wildman–Crippen MR) is 162 cm³/mol. The first-order chi connectivity index (χ1) is 20.8. The zero-order valence-corrected chi connectivity index (χ0v) is 24.3. The van der Waals surface area contributed by atoms with Crippen molar-refractivity contribution in [3.8, 4) is 5.69 Å². The van der Waals surface area contributed by atoms with Crippen molar-refractivity contribution < 1.29 is 14.3 Å². The number of anilines is 1. The topological polar surface area (TPSA) is 99.7 Å². The second-order valence-corrected chi connectivity index (χ2v) is 12.5. The predicted octanol–water partition coefficient (Wildman–Crippen LogP) is 2.83. The fourth-order valence-electron chi connectivity index (χ4n) is 7.06. The van der Waals surface area contributed by atoms with Crippen LogP contribution < -0.4 is 10.5 Å². The maximum absolute atomic E-state index is 15.1. The molecule has 0 saturated carbocycles. The molecule has 0 bridgehead atoms. The molecule has 2 atom stereocenters. The first kappa shape index (κ1) is 28.0. The molecule has 3 aromatic rings. The van der Waals surface area contributed by atoms with Gasteiger partial charge in [-0.25, -0.2) is 14.1 Å². The summed E-state index contributed by atoms with van der Waals surface area (Å²) in [7, 11) is 0. The van der Waals surface area contributed by atoms with Crippen LogP contribution >= 0.6 is 0 Å². The molecule has 1 N–H and O–H groups in total. The molecular weight excluding hydrogens is 549 g/mol. The van der Waals surface area contributed by atoms with Gasteiger partial charge in [0.05, 0.1) is 24.0 Å². The SMILES string of the molecule is O=C(N1CCC(O)(Cn2cnc3c(cnn3-c3ccc(N4CCN5CCCCC5C4)cc3)c2=O)CC1)C1(F)C=CC=CC1. The number of amides is 1. The molecule has 3 saturated heterocycles. The Balaban J connectivity index is 1.03. The number of carbonyl (C=O) groups excluding carboxylic acids is 1. The number of hydrogen-bond acceptors (Lipinski definition) is 7. The summed E-state index contributed by atoms with van der Waals surface area (Å²) in [6, 6.07) is 8.89. The number of aliphatic hydroxyl groups is 1. The van der Waals surface area contributed by atoms with Crippen LogP contribution in [-0.4, -0.2) is 96.7 Å². The average Bonchev–Trinajstić information content (AvgIpc) is 3.48. The van der Waals surface area contributed by atoms with Gasteiger partial charge in [-0.2, -0.15) is 5.10 Å². The number of piperidine rings is 2. The van der Waals surface area contributed by atoms with E-state index in [4.69, 9.17) is 0 Å². The molecule has 1 aliphatic carbocycles. The van der Waals surface area contributed by atoms with Gasteiger partial charge in [-0.3, -0.25) is 19.1 Å². The lowest BCUT2D eigenvalue weighted by molar-refractivity contribution is -0.145. The number of nitrogens with zero attached hydrogens (tertiary/aromatic N) is 7. The molecule has 2 unspecified atom stereocenters. The third-order valence-corrected chi connectivity index (χ3v) is 9.68. The van der Waals surface area contributed by atoms with Gasteiger partial charge in [0.2, 0.25) is 5.67 Å². The number of piperazine rings is 1. The maximum Gasteiger partial charge on any atom is 0.264 e. The highest BCUT2D eigenvalue weighted by Crippen LogP contribution is 2.30. The van der Waals surface area contributed by atoms with E-state index in [1.807, 2.05) is 12.1 Å². The third kappa shape index (κ3) is 5.29.